The lowest BCUT2D eigenvalue weighted by Gasteiger charge is -2.33. The Hall–Kier alpha value is -0.680. The average Bonchev–Trinajstić information content (AvgIpc) is 3.05. The Labute approximate surface area is 115 Å². The number of rotatable bonds is 3. The first kappa shape index (κ1) is 14.7. The Morgan fingerprint density at radius 1 is 1.32 bits per heavy atom. The molecule has 0 radical (unpaired) electrons. The van der Waals surface area contributed by atoms with Gasteiger partial charge < -0.3 is 0 Å². The minimum Gasteiger partial charge on any atom is -0.249 e. The second-order valence-corrected chi connectivity index (χ2v) is 9.05. The molecule has 0 amide bonds. The van der Waals surface area contributed by atoms with Crippen LogP contribution in [0.1, 0.15) is 34.1 Å². The van der Waals surface area contributed by atoms with Crippen LogP contribution in [-0.4, -0.2) is 36.2 Å². The van der Waals surface area contributed by atoms with Gasteiger partial charge in [-0.1, -0.05) is 45.1 Å². The van der Waals surface area contributed by atoms with E-state index in [1.807, 2.05) is 32.9 Å². The van der Waals surface area contributed by atoms with E-state index in [2.05, 4.69) is 0 Å². The minimum atomic E-state index is -3.54. The summed E-state index contributed by atoms with van der Waals surface area (Å²) in [5.41, 5.74) is -1.27. The van der Waals surface area contributed by atoms with Gasteiger partial charge in [0.25, 0.3) is 0 Å². The molecule has 1 aliphatic carbocycles. The number of hydrogen-bond acceptors (Lipinski definition) is 2. The first-order valence-corrected chi connectivity index (χ1v) is 7.97. The molecule has 3 nitrogen and oxygen atoms in total. The number of nitrogens with zero attached hydrogens (tertiary/aromatic N) is 1. The summed E-state index contributed by atoms with van der Waals surface area (Å²) < 4.78 is 39.4. The fraction of sp³-hybridized carbons (Fsp3) is 0.714. The summed E-state index contributed by atoms with van der Waals surface area (Å²) >= 11 is 0. The van der Waals surface area contributed by atoms with Gasteiger partial charge in [0, 0.05) is 6.54 Å². The number of sulfonamides is 1. The maximum atomic E-state index is 13.5. The van der Waals surface area contributed by atoms with Gasteiger partial charge in [-0.25, -0.2) is 12.8 Å². The number of halogens is 1. The Balaban J connectivity index is 2.34. The topological polar surface area (TPSA) is 37.1 Å². The lowest BCUT2D eigenvalue weighted by molar-refractivity contribution is 0.205. The molecule has 0 spiro atoms. The van der Waals surface area contributed by atoms with Crippen molar-refractivity contribution in [3.63, 3.8) is 0 Å². The third-order valence-electron chi connectivity index (χ3n) is 4.49. The van der Waals surface area contributed by atoms with E-state index in [1.54, 1.807) is 19.1 Å². The lowest BCUT2D eigenvalue weighted by atomic mass is 9.81. The molecular weight excluding hydrogens is 265 g/mol. The molecular formula is C14H22FNO2S. The molecule has 0 bridgehead atoms. The Morgan fingerprint density at radius 3 is 2.32 bits per heavy atom. The minimum absolute atomic E-state index is 0.280. The van der Waals surface area contributed by atoms with Crippen LogP contribution in [0.4, 0.5) is 4.39 Å². The predicted octanol–water partition coefficient (Wildman–Crippen LogP) is 2.66. The maximum absolute atomic E-state index is 13.5. The summed E-state index contributed by atoms with van der Waals surface area (Å²) in [6.07, 6.45) is 7.57. The van der Waals surface area contributed by atoms with Gasteiger partial charge in [-0.2, -0.15) is 4.31 Å². The molecule has 2 aliphatic rings. The van der Waals surface area contributed by atoms with Crippen LogP contribution in [0.3, 0.4) is 0 Å². The fourth-order valence-corrected chi connectivity index (χ4v) is 4.82. The summed E-state index contributed by atoms with van der Waals surface area (Å²) in [5, 5.41) is 0. The van der Waals surface area contributed by atoms with Crippen LogP contribution < -0.4 is 0 Å². The van der Waals surface area contributed by atoms with Gasteiger partial charge >= 0.3 is 0 Å². The Bertz CT molecular complexity index is 532. The van der Waals surface area contributed by atoms with Gasteiger partial charge in [0.05, 0.1) is 5.54 Å². The maximum Gasteiger partial charge on any atom is 0.224 e. The van der Waals surface area contributed by atoms with Gasteiger partial charge in [0.2, 0.25) is 10.0 Å². The van der Waals surface area contributed by atoms with Crippen molar-refractivity contribution in [3.8, 4) is 0 Å². The average molecular weight is 287 g/mol. The van der Waals surface area contributed by atoms with Crippen LogP contribution in [0.25, 0.3) is 0 Å². The van der Waals surface area contributed by atoms with Gasteiger partial charge in [-0.3, -0.25) is 0 Å². The van der Waals surface area contributed by atoms with E-state index in [9.17, 15) is 12.8 Å². The van der Waals surface area contributed by atoms with Gasteiger partial charge in [-0.15, -0.1) is 0 Å². The molecule has 0 aromatic rings. The van der Waals surface area contributed by atoms with Crippen molar-refractivity contribution >= 4 is 10.0 Å². The van der Waals surface area contributed by atoms with Crippen molar-refractivity contribution in [2.45, 2.75) is 44.4 Å². The van der Waals surface area contributed by atoms with Crippen LogP contribution in [0, 0.1) is 5.41 Å². The van der Waals surface area contributed by atoms with E-state index in [4.69, 9.17) is 0 Å². The smallest absolute Gasteiger partial charge is 0.224 e. The molecule has 5 heteroatoms. The largest absolute Gasteiger partial charge is 0.249 e. The molecule has 19 heavy (non-hydrogen) atoms. The van der Waals surface area contributed by atoms with Crippen LogP contribution in [0.2, 0.25) is 0 Å². The molecule has 3 unspecified atom stereocenters. The number of alkyl halides is 1. The number of allylic oxidation sites excluding steroid dienone is 3. The van der Waals surface area contributed by atoms with Crippen molar-refractivity contribution in [2.24, 2.45) is 5.41 Å². The highest BCUT2D eigenvalue weighted by Crippen LogP contribution is 2.52. The molecule has 0 N–H and O–H groups in total. The zero-order chi connectivity index (χ0) is 14.5. The third-order valence-corrected chi connectivity index (χ3v) is 7.04. The van der Waals surface area contributed by atoms with Crippen molar-refractivity contribution in [1.29, 1.82) is 0 Å². The SMILES string of the molecule is CC(C)(C)C1(CF)CN1S(=O)(=O)C1(C)C=CC=CC1. The first-order chi connectivity index (χ1) is 8.61. The highest BCUT2D eigenvalue weighted by molar-refractivity contribution is 7.91. The lowest BCUT2D eigenvalue weighted by Crippen LogP contribution is -2.45. The standard InChI is InChI=1S/C14H22FNO2S/c1-12(2,3)14(10-15)11-16(14)19(17,18)13(4)8-6-5-7-9-13/h5-8H,9-11H2,1-4H3. The van der Waals surface area contributed by atoms with Crippen LogP contribution in [-0.2, 0) is 10.0 Å². The highest BCUT2D eigenvalue weighted by atomic mass is 32.2. The summed E-state index contributed by atoms with van der Waals surface area (Å²) in [4.78, 5) is 0. The van der Waals surface area contributed by atoms with E-state index in [1.165, 1.54) is 4.31 Å². The zero-order valence-corrected chi connectivity index (χ0v) is 12.8. The summed E-state index contributed by atoms with van der Waals surface area (Å²) in [5.74, 6) is 0. The van der Waals surface area contributed by atoms with Gasteiger partial charge in [-0.05, 0) is 18.8 Å². The van der Waals surface area contributed by atoms with Crippen molar-refractivity contribution in [3.05, 3.63) is 24.3 Å². The summed E-state index contributed by atoms with van der Waals surface area (Å²) in [6, 6.07) is 0. The molecule has 1 heterocycles. The van der Waals surface area contributed by atoms with E-state index in [0.717, 1.165) is 0 Å². The Morgan fingerprint density at radius 2 is 1.95 bits per heavy atom. The highest BCUT2D eigenvalue weighted by Gasteiger charge is 2.67. The Kier molecular flexibility index (Phi) is 3.22. The van der Waals surface area contributed by atoms with Gasteiger partial charge in [0.15, 0.2) is 0 Å². The van der Waals surface area contributed by atoms with Gasteiger partial charge in [0.1, 0.15) is 11.4 Å². The second-order valence-electron chi connectivity index (χ2n) is 6.73. The predicted molar refractivity (Wildman–Crippen MR) is 75.1 cm³/mol. The molecule has 1 aliphatic heterocycles. The van der Waals surface area contributed by atoms with Crippen molar-refractivity contribution in [1.82, 2.24) is 4.31 Å². The van der Waals surface area contributed by atoms with Crippen molar-refractivity contribution in [2.75, 3.05) is 13.2 Å². The molecule has 1 saturated heterocycles. The van der Waals surface area contributed by atoms with Crippen LogP contribution in [0.5, 0.6) is 0 Å². The summed E-state index contributed by atoms with van der Waals surface area (Å²) in [6.45, 7) is 7.02. The fourth-order valence-electron chi connectivity index (χ4n) is 2.59. The normalized spacial score (nSPS) is 38.5. The van der Waals surface area contributed by atoms with Crippen LogP contribution in [0.15, 0.2) is 24.3 Å². The van der Waals surface area contributed by atoms with E-state index >= 15 is 0 Å². The van der Waals surface area contributed by atoms with E-state index in [-0.39, 0.29) is 6.54 Å². The molecule has 0 saturated carbocycles. The quantitative estimate of drug-likeness (QED) is 0.748. The molecule has 108 valence electrons. The third kappa shape index (κ3) is 1.98. The molecule has 2 rings (SSSR count). The molecule has 0 aromatic carbocycles. The van der Waals surface area contributed by atoms with E-state index in [0.29, 0.717) is 6.42 Å². The zero-order valence-electron chi connectivity index (χ0n) is 12.0. The summed E-state index contributed by atoms with van der Waals surface area (Å²) in [7, 11) is -3.54. The molecule has 3 atom stereocenters. The molecule has 1 fully saturated rings. The van der Waals surface area contributed by atoms with Crippen molar-refractivity contribution < 1.29 is 12.8 Å². The first-order valence-electron chi connectivity index (χ1n) is 6.53. The van der Waals surface area contributed by atoms with Crippen LogP contribution >= 0.6 is 0 Å². The molecule has 0 aromatic heterocycles. The second kappa shape index (κ2) is 4.16. The van der Waals surface area contributed by atoms with E-state index < -0.39 is 32.4 Å². The number of hydrogen-bond donors (Lipinski definition) is 0. The monoisotopic (exact) mass is 287 g/mol.